The number of hydrogen-bond donors (Lipinski definition) is 2. The van der Waals surface area contributed by atoms with Crippen molar-refractivity contribution in [3.63, 3.8) is 0 Å². The van der Waals surface area contributed by atoms with E-state index in [0.717, 1.165) is 6.42 Å². The highest BCUT2D eigenvalue weighted by molar-refractivity contribution is 4.93. The predicted molar refractivity (Wildman–Crippen MR) is 66.5 cm³/mol. The number of likely N-dealkylation sites (N-methyl/N-ethyl adjacent to an activating group) is 1. The van der Waals surface area contributed by atoms with Crippen LogP contribution in [0, 0.1) is 0 Å². The van der Waals surface area contributed by atoms with Gasteiger partial charge in [0.25, 0.3) is 0 Å². The summed E-state index contributed by atoms with van der Waals surface area (Å²) in [6.07, 6.45) is 7.24. The highest BCUT2D eigenvalue weighted by atomic mass is 16.3. The van der Waals surface area contributed by atoms with Crippen molar-refractivity contribution < 1.29 is 5.11 Å². The third kappa shape index (κ3) is 2.41. The van der Waals surface area contributed by atoms with Gasteiger partial charge in [-0.15, -0.1) is 0 Å². The molecule has 2 aliphatic rings. The maximum atomic E-state index is 10.1. The number of aliphatic hydroxyl groups excluding tert-OH is 1. The SMILES string of the molecule is CNC(C)C1CCCCN1C1CCCC1O. The highest BCUT2D eigenvalue weighted by Crippen LogP contribution is 2.30. The Hall–Kier alpha value is -0.120. The quantitative estimate of drug-likeness (QED) is 0.763. The fourth-order valence-electron chi connectivity index (χ4n) is 3.43. The van der Waals surface area contributed by atoms with Crippen LogP contribution in [0.5, 0.6) is 0 Å². The molecule has 1 aliphatic heterocycles. The average molecular weight is 226 g/mol. The zero-order valence-electron chi connectivity index (χ0n) is 10.7. The molecule has 1 heterocycles. The lowest BCUT2D eigenvalue weighted by molar-refractivity contribution is 0.0148. The Morgan fingerprint density at radius 1 is 1.19 bits per heavy atom. The Balaban J connectivity index is 2.03. The van der Waals surface area contributed by atoms with E-state index in [0.29, 0.717) is 18.1 Å². The lowest BCUT2D eigenvalue weighted by Gasteiger charge is -2.43. The summed E-state index contributed by atoms with van der Waals surface area (Å²) in [4.78, 5) is 2.59. The van der Waals surface area contributed by atoms with Gasteiger partial charge in [-0.05, 0) is 52.6 Å². The molecular weight excluding hydrogens is 200 g/mol. The topological polar surface area (TPSA) is 35.5 Å². The van der Waals surface area contributed by atoms with Gasteiger partial charge >= 0.3 is 0 Å². The van der Waals surface area contributed by atoms with Crippen molar-refractivity contribution >= 4 is 0 Å². The van der Waals surface area contributed by atoms with E-state index >= 15 is 0 Å². The van der Waals surface area contributed by atoms with Crippen molar-refractivity contribution in [3.8, 4) is 0 Å². The van der Waals surface area contributed by atoms with Gasteiger partial charge in [0.15, 0.2) is 0 Å². The number of aliphatic hydroxyl groups is 1. The zero-order valence-corrected chi connectivity index (χ0v) is 10.7. The van der Waals surface area contributed by atoms with Crippen LogP contribution >= 0.6 is 0 Å². The molecule has 0 aromatic heterocycles. The molecule has 0 amide bonds. The molecule has 0 aromatic carbocycles. The molecule has 4 atom stereocenters. The second-order valence-electron chi connectivity index (χ2n) is 5.44. The minimum atomic E-state index is -0.0790. The number of nitrogens with one attached hydrogen (secondary N) is 1. The molecule has 1 saturated heterocycles. The Bertz CT molecular complexity index is 222. The maximum absolute atomic E-state index is 10.1. The Labute approximate surface area is 99.2 Å². The van der Waals surface area contributed by atoms with Crippen LogP contribution in [0.2, 0.25) is 0 Å². The highest BCUT2D eigenvalue weighted by Gasteiger charge is 2.37. The molecule has 3 heteroatoms. The standard InChI is InChI=1S/C13H26N2O/c1-10(14-2)11-6-3-4-9-15(11)12-7-5-8-13(12)16/h10-14,16H,3-9H2,1-2H3. The van der Waals surface area contributed by atoms with E-state index < -0.39 is 0 Å². The largest absolute Gasteiger partial charge is 0.391 e. The lowest BCUT2D eigenvalue weighted by Crippen LogP contribution is -2.55. The first-order chi connectivity index (χ1) is 7.74. The van der Waals surface area contributed by atoms with Gasteiger partial charge in [0.2, 0.25) is 0 Å². The van der Waals surface area contributed by atoms with E-state index in [1.807, 2.05) is 7.05 Å². The van der Waals surface area contributed by atoms with Crippen LogP contribution in [0.25, 0.3) is 0 Å². The summed E-state index contributed by atoms with van der Waals surface area (Å²) < 4.78 is 0. The molecule has 3 nitrogen and oxygen atoms in total. The normalized spacial score (nSPS) is 38.8. The van der Waals surface area contributed by atoms with Crippen molar-refractivity contribution in [2.75, 3.05) is 13.6 Å². The first kappa shape index (κ1) is 12.3. The van der Waals surface area contributed by atoms with Crippen LogP contribution < -0.4 is 5.32 Å². The molecule has 16 heavy (non-hydrogen) atoms. The van der Waals surface area contributed by atoms with Gasteiger partial charge in [-0.25, -0.2) is 0 Å². The number of likely N-dealkylation sites (tertiary alicyclic amines) is 1. The summed E-state index contributed by atoms with van der Waals surface area (Å²) in [5, 5.41) is 13.4. The summed E-state index contributed by atoms with van der Waals surface area (Å²) >= 11 is 0. The van der Waals surface area contributed by atoms with Crippen LogP contribution in [0.15, 0.2) is 0 Å². The monoisotopic (exact) mass is 226 g/mol. The van der Waals surface area contributed by atoms with Gasteiger partial charge in [-0.3, -0.25) is 4.90 Å². The molecule has 1 aliphatic carbocycles. The minimum absolute atomic E-state index is 0.0790. The number of hydrogen-bond acceptors (Lipinski definition) is 3. The van der Waals surface area contributed by atoms with Crippen molar-refractivity contribution in [1.82, 2.24) is 10.2 Å². The third-order valence-electron chi connectivity index (χ3n) is 4.49. The molecule has 2 N–H and O–H groups in total. The Morgan fingerprint density at radius 2 is 2.00 bits per heavy atom. The number of rotatable bonds is 3. The summed E-state index contributed by atoms with van der Waals surface area (Å²) in [5.74, 6) is 0. The molecule has 2 rings (SSSR count). The lowest BCUT2D eigenvalue weighted by atomic mass is 9.93. The maximum Gasteiger partial charge on any atom is 0.0695 e. The van der Waals surface area contributed by atoms with Crippen molar-refractivity contribution in [2.24, 2.45) is 0 Å². The van der Waals surface area contributed by atoms with Gasteiger partial charge in [-0.1, -0.05) is 6.42 Å². The van der Waals surface area contributed by atoms with E-state index in [2.05, 4.69) is 17.1 Å². The van der Waals surface area contributed by atoms with Crippen LogP contribution in [0.3, 0.4) is 0 Å². The van der Waals surface area contributed by atoms with E-state index in [4.69, 9.17) is 0 Å². The van der Waals surface area contributed by atoms with Crippen molar-refractivity contribution in [3.05, 3.63) is 0 Å². The Morgan fingerprint density at radius 3 is 2.62 bits per heavy atom. The van der Waals surface area contributed by atoms with Crippen LogP contribution in [-0.2, 0) is 0 Å². The summed E-state index contributed by atoms with van der Waals surface area (Å²) in [5.41, 5.74) is 0. The molecule has 2 fully saturated rings. The molecule has 1 saturated carbocycles. The van der Waals surface area contributed by atoms with Gasteiger partial charge < -0.3 is 10.4 Å². The van der Waals surface area contributed by atoms with Crippen LogP contribution in [-0.4, -0.2) is 47.8 Å². The van der Waals surface area contributed by atoms with Gasteiger partial charge in [0.05, 0.1) is 6.10 Å². The van der Waals surface area contributed by atoms with Crippen molar-refractivity contribution in [1.29, 1.82) is 0 Å². The molecule has 0 radical (unpaired) electrons. The van der Waals surface area contributed by atoms with Crippen LogP contribution in [0.1, 0.15) is 45.4 Å². The molecular formula is C13H26N2O. The summed E-state index contributed by atoms with van der Waals surface area (Å²) in [7, 11) is 2.04. The van der Waals surface area contributed by atoms with Crippen LogP contribution in [0.4, 0.5) is 0 Å². The third-order valence-corrected chi connectivity index (χ3v) is 4.49. The second kappa shape index (κ2) is 5.48. The first-order valence-electron chi connectivity index (χ1n) is 6.85. The van der Waals surface area contributed by atoms with Gasteiger partial charge in [-0.2, -0.15) is 0 Å². The van der Waals surface area contributed by atoms with Gasteiger partial charge in [0.1, 0.15) is 0 Å². The fraction of sp³-hybridized carbons (Fsp3) is 1.00. The molecule has 0 bridgehead atoms. The van der Waals surface area contributed by atoms with E-state index in [9.17, 15) is 5.11 Å². The smallest absolute Gasteiger partial charge is 0.0695 e. The molecule has 4 unspecified atom stereocenters. The number of nitrogens with zero attached hydrogens (tertiary/aromatic N) is 1. The average Bonchev–Trinajstić information content (AvgIpc) is 2.74. The summed E-state index contributed by atoms with van der Waals surface area (Å²) in [6, 6.07) is 1.59. The molecule has 0 spiro atoms. The Kier molecular flexibility index (Phi) is 4.22. The van der Waals surface area contributed by atoms with E-state index in [1.165, 1.54) is 38.6 Å². The van der Waals surface area contributed by atoms with Crippen molar-refractivity contribution in [2.45, 2.75) is 69.7 Å². The van der Waals surface area contributed by atoms with E-state index in [1.54, 1.807) is 0 Å². The van der Waals surface area contributed by atoms with E-state index in [-0.39, 0.29) is 6.10 Å². The second-order valence-corrected chi connectivity index (χ2v) is 5.44. The number of piperidine rings is 1. The first-order valence-corrected chi connectivity index (χ1v) is 6.85. The molecule has 0 aromatic rings. The predicted octanol–water partition coefficient (Wildman–Crippen LogP) is 1.36. The van der Waals surface area contributed by atoms with Gasteiger partial charge in [0, 0.05) is 18.1 Å². The summed E-state index contributed by atoms with van der Waals surface area (Å²) in [6.45, 7) is 3.45. The fourth-order valence-corrected chi connectivity index (χ4v) is 3.43. The molecule has 94 valence electrons. The zero-order chi connectivity index (χ0) is 11.5. The minimum Gasteiger partial charge on any atom is -0.391 e.